The van der Waals surface area contributed by atoms with Gasteiger partial charge in [0.2, 0.25) is 0 Å². The Morgan fingerprint density at radius 1 is 0.605 bits per heavy atom. The number of benzene rings is 2. The zero-order chi connectivity index (χ0) is 31.4. The normalized spacial score (nSPS) is 15.7. The molecule has 0 saturated heterocycles. The van der Waals surface area contributed by atoms with E-state index in [1.54, 1.807) is 0 Å². The van der Waals surface area contributed by atoms with Crippen molar-refractivity contribution in [3.8, 4) is 0 Å². The summed E-state index contributed by atoms with van der Waals surface area (Å²) in [5, 5.41) is 6.60. The Balaban J connectivity index is 2.02. The number of halogens is 4. The van der Waals surface area contributed by atoms with Crippen molar-refractivity contribution < 1.29 is 34.2 Å². The SMILES string of the molecule is CCCCC(C)(C)Nc1ccc(F)[c]([Ti]([c]2c(F)ccc(NC(C)(C)CCCC)c2F)([CH]2C=CC=C2)[CH]2C=CC=C2)c1F. The van der Waals surface area contributed by atoms with Crippen LogP contribution >= 0.6 is 0 Å². The number of allylic oxidation sites excluding steroid dienone is 8. The summed E-state index contributed by atoms with van der Waals surface area (Å²) >= 11 is -4.84. The molecule has 43 heavy (non-hydrogen) atoms. The van der Waals surface area contributed by atoms with Gasteiger partial charge in [0.15, 0.2) is 0 Å². The molecular weight excluding hydrogens is 584 g/mol. The average Bonchev–Trinajstić information content (AvgIpc) is 3.69. The quantitative estimate of drug-likeness (QED) is 0.160. The van der Waals surface area contributed by atoms with Crippen molar-refractivity contribution in [3.63, 3.8) is 0 Å². The zero-order valence-corrected chi connectivity index (χ0v) is 27.9. The van der Waals surface area contributed by atoms with Gasteiger partial charge in [-0.15, -0.1) is 0 Å². The van der Waals surface area contributed by atoms with Crippen LogP contribution in [0.5, 0.6) is 0 Å². The third kappa shape index (κ3) is 6.91. The van der Waals surface area contributed by atoms with E-state index in [2.05, 4.69) is 24.5 Å². The first kappa shape index (κ1) is 33.3. The second kappa shape index (κ2) is 13.6. The Labute approximate surface area is 258 Å². The summed E-state index contributed by atoms with van der Waals surface area (Å²) in [6.07, 6.45) is 20.1. The molecule has 0 radical (unpaired) electrons. The fraction of sp³-hybridized carbons (Fsp3) is 0.444. The van der Waals surface area contributed by atoms with E-state index in [-0.39, 0.29) is 19.1 Å². The van der Waals surface area contributed by atoms with Gasteiger partial charge in [-0.25, -0.2) is 0 Å². The van der Waals surface area contributed by atoms with E-state index in [0.29, 0.717) is 0 Å². The molecule has 0 aliphatic heterocycles. The predicted molar refractivity (Wildman–Crippen MR) is 170 cm³/mol. The van der Waals surface area contributed by atoms with Crippen molar-refractivity contribution in [2.75, 3.05) is 10.6 Å². The summed E-state index contributed by atoms with van der Waals surface area (Å²) in [6.45, 7) is 12.1. The molecule has 2 aliphatic carbocycles. The van der Waals surface area contributed by atoms with E-state index < -0.39 is 59.4 Å². The summed E-state index contributed by atoms with van der Waals surface area (Å²) in [5.41, 5.74) is -0.626. The van der Waals surface area contributed by atoms with Crippen molar-refractivity contribution >= 4 is 19.1 Å². The molecule has 232 valence electrons. The number of hydrogen-bond donors (Lipinski definition) is 2. The molecule has 0 saturated carbocycles. The zero-order valence-electron chi connectivity index (χ0n) is 26.3. The first-order valence-corrected chi connectivity index (χ1v) is 19.0. The Bertz CT molecular complexity index is 1290. The number of anilines is 2. The molecule has 2 aliphatic rings. The summed E-state index contributed by atoms with van der Waals surface area (Å²) < 4.78 is 65.3. The van der Waals surface area contributed by atoms with Crippen molar-refractivity contribution in [1.82, 2.24) is 0 Å². The van der Waals surface area contributed by atoms with Gasteiger partial charge in [0.05, 0.1) is 0 Å². The fourth-order valence-electron chi connectivity index (χ4n) is 6.63. The third-order valence-corrected chi connectivity index (χ3v) is 17.3. The Morgan fingerprint density at radius 2 is 0.953 bits per heavy atom. The van der Waals surface area contributed by atoms with E-state index in [1.807, 2.05) is 76.3 Å². The van der Waals surface area contributed by atoms with Gasteiger partial charge in [-0.3, -0.25) is 0 Å². The molecule has 2 N–H and O–H groups in total. The monoisotopic (exact) mass is 630 g/mol. The van der Waals surface area contributed by atoms with Gasteiger partial charge in [0.1, 0.15) is 0 Å². The first-order valence-electron chi connectivity index (χ1n) is 15.6. The molecule has 4 rings (SSSR count). The Morgan fingerprint density at radius 3 is 1.28 bits per heavy atom. The van der Waals surface area contributed by atoms with E-state index in [0.717, 1.165) is 38.5 Å². The van der Waals surface area contributed by atoms with E-state index in [1.165, 1.54) is 24.3 Å². The topological polar surface area (TPSA) is 24.1 Å². The molecule has 0 fully saturated rings. The van der Waals surface area contributed by atoms with Gasteiger partial charge in [-0.05, 0) is 0 Å². The van der Waals surface area contributed by atoms with E-state index >= 15 is 17.6 Å². The fourth-order valence-corrected chi connectivity index (χ4v) is 15.4. The summed E-state index contributed by atoms with van der Waals surface area (Å²) in [6, 6.07) is 5.34. The summed E-state index contributed by atoms with van der Waals surface area (Å²) in [7, 11) is 0. The van der Waals surface area contributed by atoms with Crippen molar-refractivity contribution in [2.24, 2.45) is 0 Å². The summed E-state index contributed by atoms with van der Waals surface area (Å²) in [5.74, 6) is -3.05. The van der Waals surface area contributed by atoms with Crippen LogP contribution in [0.4, 0.5) is 28.9 Å². The van der Waals surface area contributed by atoms with Crippen LogP contribution in [0.25, 0.3) is 0 Å². The van der Waals surface area contributed by atoms with Gasteiger partial charge in [-0.1, -0.05) is 0 Å². The minimum absolute atomic E-state index is 0.153. The van der Waals surface area contributed by atoms with Gasteiger partial charge < -0.3 is 0 Å². The van der Waals surface area contributed by atoms with E-state index in [4.69, 9.17) is 0 Å². The van der Waals surface area contributed by atoms with Gasteiger partial charge >= 0.3 is 260 Å². The van der Waals surface area contributed by atoms with Crippen molar-refractivity contribution in [3.05, 3.63) is 96.1 Å². The van der Waals surface area contributed by atoms with Crippen molar-refractivity contribution in [1.29, 1.82) is 0 Å². The molecular formula is C36H46F4N2Ti. The van der Waals surface area contributed by atoms with Crippen LogP contribution < -0.4 is 18.4 Å². The number of nitrogens with one attached hydrogen (secondary N) is 2. The van der Waals surface area contributed by atoms with Gasteiger partial charge in [0, 0.05) is 0 Å². The molecule has 0 amide bonds. The Kier molecular flexibility index (Phi) is 10.5. The number of unbranched alkanes of at least 4 members (excludes halogenated alkanes) is 2. The molecule has 2 aromatic carbocycles. The van der Waals surface area contributed by atoms with Crippen molar-refractivity contribution in [2.45, 2.75) is 99.6 Å². The minimum atomic E-state index is -4.84. The second-order valence-corrected chi connectivity index (χ2v) is 19.6. The molecule has 0 unspecified atom stereocenters. The molecule has 7 heteroatoms. The molecule has 0 aromatic heterocycles. The number of rotatable bonds is 14. The van der Waals surface area contributed by atoms with Gasteiger partial charge in [0.25, 0.3) is 0 Å². The van der Waals surface area contributed by atoms with Crippen LogP contribution in [-0.2, 0) is 16.6 Å². The average molecular weight is 631 g/mol. The van der Waals surface area contributed by atoms with Gasteiger partial charge in [-0.2, -0.15) is 0 Å². The molecule has 2 nitrogen and oxygen atoms in total. The van der Waals surface area contributed by atoms with Crippen LogP contribution in [-0.4, -0.2) is 11.1 Å². The van der Waals surface area contributed by atoms with Crippen LogP contribution in [0.3, 0.4) is 0 Å². The number of hydrogen-bond acceptors (Lipinski definition) is 2. The van der Waals surface area contributed by atoms with E-state index in [9.17, 15) is 0 Å². The first-order chi connectivity index (χ1) is 20.4. The van der Waals surface area contributed by atoms with Crippen LogP contribution in [0.2, 0.25) is 8.45 Å². The predicted octanol–water partition coefficient (Wildman–Crippen LogP) is 9.94. The molecule has 0 spiro atoms. The Hall–Kier alpha value is -2.57. The molecule has 0 atom stereocenters. The third-order valence-electron chi connectivity index (χ3n) is 8.81. The second-order valence-electron chi connectivity index (χ2n) is 13.3. The van der Waals surface area contributed by atoms with Crippen LogP contribution in [0, 0.1) is 23.3 Å². The molecule has 2 aromatic rings. The molecule has 0 heterocycles. The standard InChI is InChI=1S/2C13H18F2N.2C5H5.Ti/c2*1-4-5-8-13(2,3)16-12-7-6-10(14)9-11(12)15;2*1-2-4-5-3-1;/h2*6-7,16H,4-5,8H2,1-3H3;2*1-5H;. The van der Waals surface area contributed by atoms with Crippen LogP contribution in [0.1, 0.15) is 80.1 Å². The maximum absolute atomic E-state index is 17.0. The van der Waals surface area contributed by atoms with Crippen LogP contribution in [0.15, 0.2) is 72.9 Å². The summed E-state index contributed by atoms with van der Waals surface area (Å²) in [4.78, 5) is 0. The molecule has 0 bridgehead atoms. The maximum atomic E-state index is 17.0.